The van der Waals surface area contributed by atoms with E-state index in [1.165, 1.54) is 4.90 Å². The number of fused-ring (bicyclic) bond motifs is 1. The molecular formula is C21H26N3O4+. The van der Waals surface area contributed by atoms with E-state index >= 15 is 0 Å². The Balaban J connectivity index is 1.73. The third kappa shape index (κ3) is 4.61. The Morgan fingerprint density at radius 3 is 2.46 bits per heavy atom. The fraction of sp³-hybridized carbons (Fsp3) is 0.333. The number of H-pyrrole nitrogens is 1. The lowest BCUT2D eigenvalue weighted by molar-refractivity contribution is -0.912. The summed E-state index contributed by atoms with van der Waals surface area (Å²) >= 11 is 0. The van der Waals surface area contributed by atoms with Gasteiger partial charge in [0.1, 0.15) is 25.4 Å². The molecule has 0 amide bonds. The molecule has 3 rings (SSSR count). The van der Waals surface area contributed by atoms with Crippen LogP contribution in [0.5, 0.6) is 17.2 Å². The molecule has 2 aromatic carbocycles. The lowest BCUT2D eigenvalue weighted by atomic mass is 10.2. The van der Waals surface area contributed by atoms with Gasteiger partial charge >= 0.3 is 0 Å². The molecule has 28 heavy (non-hydrogen) atoms. The van der Waals surface area contributed by atoms with E-state index in [0.717, 1.165) is 18.8 Å². The van der Waals surface area contributed by atoms with E-state index in [0.29, 0.717) is 41.4 Å². The summed E-state index contributed by atoms with van der Waals surface area (Å²) in [6.07, 6.45) is 0. The smallest absolute Gasteiger partial charge is 0.259 e. The summed E-state index contributed by atoms with van der Waals surface area (Å²) in [6.45, 7) is 5.00. The predicted octanol–water partition coefficient (Wildman–Crippen LogP) is 1.42. The number of aromatic amines is 1. The van der Waals surface area contributed by atoms with Crippen molar-refractivity contribution in [2.24, 2.45) is 0 Å². The molecule has 0 fully saturated rings. The first kappa shape index (κ1) is 19.7. The number of likely N-dealkylation sites (N-methyl/N-ethyl adjacent to an activating group) is 1. The average molecular weight is 384 g/mol. The number of benzene rings is 2. The van der Waals surface area contributed by atoms with Crippen LogP contribution < -0.4 is 24.7 Å². The highest BCUT2D eigenvalue weighted by Gasteiger charge is 2.14. The van der Waals surface area contributed by atoms with E-state index < -0.39 is 0 Å². The molecule has 0 spiro atoms. The molecule has 0 aliphatic rings. The highest BCUT2D eigenvalue weighted by Crippen LogP contribution is 2.29. The maximum Gasteiger partial charge on any atom is 0.259 e. The zero-order valence-electron chi connectivity index (χ0n) is 16.5. The second-order valence-corrected chi connectivity index (χ2v) is 6.43. The SMILES string of the molecule is CC[NH+](CCOc1ccccc1)Cc1nc2cc(OC)c(OC)cc2c(=O)[nH]1. The Labute approximate surface area is 163 Å². The minimum atomic E-state index is -0.183. The van der Waals surface area contributed by atoms with Crippen LogP contribution in [0.3, 0.4) is 0 Å². The van der Waals surface area contributed by atoms with Crippen molar-refractivity contribution in [1.82, 2.24) is 9.97 Å². The Morgan fingerprint density at radius 2 is 1.79 bits per heavy atom. The molecule has 2 N–H and O–H groups in total. The van der Waals surface area contributed by atoms with Gasteiger partial charge in [-0.05, 0) is 25.1 Å². The topological polar surface area (TPSA) is 77.9 Å². The zero-order valence-corrected chi connectivity index (χ0v) is 16.5. The normalized spacial score (nSPS) is 12.0. The number of rotatable bonds is 9. The first-order valence-corrected chi connectivity index (χ1v) is 9.31. The summed E-state index contributed by atoms with van der Waals surface area (Å²) in [5.74, 6) is 2.56. The van der Waals surface area contributed by atoms with Crippen molar-refractivity contribution in [2.75, 3.05) is 33.9 Å². The number of nitrogens with one attached hydrogen (secondary N) is 2. The molecule has 7 nitrogen and oxygen atoms in total. The predicted molar refractivity (Wildman–Crippen MR) is 107 cm³/mol. The monoisotopic (exact) mass is 384 g/mol. The maximum absolute atomic E-state index is 12.5. The van der Waals surface area contributed by atoms with Gasteiger partial charge in [-0.1, -0.05) is 18.2 Å². The molecule has 0 aliphatic heterocycles. The molecule has 7 heteroatoms. The van der Waals surface area contributed by atoms with E-state index in [1.807, 2.05) is 30.3 Å². The average Bonchev–Trinajstić information content (AvgIpc) is 2.72. The quantitative estimate of drug-likeness (QED) is 0.584. The summed E-state index contributed by atoms with van der Waals surface area (Å²) in [5.41, 5.74) is 0.407. The molecule has 0 saturated carbocycles. The lowest BCUT2D eigenvalue weighted by Crippen LogP contribution is -3.11. The van der Waals surface area contributed by atoms with Crippen LogP contribution in [0.2, 0.25) is 0 Å². The van der Waals surface area contributed by atoms with Gasteiger partial charge in [-0.2, -0.15) is 0 Å². The summed E-state index contributed by atoms with van der Waals surface area (Å²) in [4.78, 5) is 21.3. The van der Waals surface area contributed by atoms with Crippen molar-refractivity contribution in [2.45, 2.75) is 13.5 Å². The summed E-state index contributed by atoms with van der Waals surface area (Å²) in [7, 11) is 3.10. The molecule has 0 radical (unpaired) electrons. The van der Waals surface area contributed by atoms with Crippen LogP contribution >= 0.6 is 0 Å². The van der Waals surface area contributed by atoms with Crippen molar-refractivity contribution < 1.29 is 19.1 Å². The van der Waals surface area contributed by atoms with E-state index in [1.54, 1.807) is 26.4 Å². The van der Waals surface area contributed by atoms with Crippen LogP contribution in [-0.2, 0) is 6.54 Å². The van der Waals surface area contributed by atoms with E-state index in [2.05, 4.69) is 16.9 Å². The number of quaternary nitrogens is 1. The second-order valence-electron chi connectivity index (χ2n) is 6.43. The largest absolute Gasteiger partial charge is 0.493 e. The maximum atomic E-state index is 12.5. The third-order valence-electron chi connectivity index (χ3n) is 4.64. The Hall–Kier alpha value is -3.06. The second kappa shape index (κ2) is 9.23. The van der Waals surface area contributed by atoms with E-state index in [4.69, 9.17) is 14.2 Å². The van der Waals surface area contributed by atoms with Crippen molar-refractivity contribution in [3.05, 3.63) is 58.6 Å². The number of ether oxygens (including phenoxy) is 3. The Bertz CT molecular complexity index is 973. The molecular weight excluding hydrogens is 358 g/mol. The minimum Gasteiger partial charge on any atom is -0.493 e. The summed E-state index contributed by atoms with van der Waals surface area (Å²) in [6, 6.07) is 13.1. The van der Waals surface area contributed by atoms with Crippen molar-refractivity contribution in [3.8, 4) is 17.2 Å². The zero-order chi connectivity index (χ0) is 19.9. The van der Waals surface area contributed by atoms with Crippen LogP contribution in [0.1, 0.15) is 12.7 Å². The Morgan fingerprint density at radius 1 is 1.07 bits per heavy atom. The van der Waals surface area contributed by atoms with Gasteiger partial charge in [-0.15, -0.1) is 0 Å². The highest BCUT2D eigenvalue weighted by atomic mass is 16.5. The molecule has 1 unspecified atom stereocenters. The van der Waals surface area contributed by atoms with Gasteiger partial charge in [0.15, 0.2) is 17.3 Å². The number of hydrogen-bond donors (Lipinski definition) is 2. The van der Waals surface area contributed by atoms with Crippen LogP contribution in [0, 0.1) is 0 Å². The third-order valence-corrected chi connectivity index (χ3v) is 4.64. The lowest BCUT2D eigenvalue weighted by Gasteiger charge is -2.17. The van der Waals surface area contributed by atoms with Gasteiger partial charge in [0.25, 0.3) is 5.56 Å². The fourth-order valence-electron chi connectivity index (χ4n) is 3.05. The standard InChI is InChI=1S/C21H25N3O4/c1-4-24(10-11-28-15-8-6-5-7-9-15)14-20-22-17-13-19(27-3)18(26-2)12-16(17)21(25)23-20/h5-9,12-13H,4,10-11,14H2,1-3H3,(H,22,23,25)/p+1. The first-order valence-electron chi connectivity index (χ1n) is 9.31. The number of para-hydroxylation sites is 1. The van der Waals surface area contributed by atoms with Gasteiger partial charge in [0.05, 0.1) is 31.7 Å². The van der Waals surface area contributed by atoms with Gasteiger partial charge in [-0.3, -0.25) is 4.79 Å². The van der Waals surface area contributed by atoms with Crippen LogP contribution in [0.15, 0.2) is 47.3 Å². The molecule has 1 heterocycles. The molecule has 148 valence electrons. The van der Waals surface area contributed by atoms with Crippen molar-refractivity contribution >= 4 is 10.9 Å². The molecule has 3 aromatic rings. The van der Waals surface area contributed by atoms with E-state index in [-0.39, 0.29) is 5.56 Å². The number of aromatic nitrogens is 2. The van der Waals surface area contributed by atoms with Gasteiger partial charge in [-0.25, -0.2) is 4.98 Å². The molecule has 0 aliphatic carbocycles. The highest BCUT2D eigenvalue weighted by molar-refractivity contribution is 5.81. The van der Waals surface area contributed by atoms with Gasteiger partial charge in [0.2, 0.25) is 0 Å². The molecule has 1 atom stereocenters. The summed E-state index contributed by atoms with van der Waals surface area (Å²) in [5, 5.41) is 0.479. The summed E-state index contributed by atoms with van der Waals surface area (Å²) < 4.78 is 16.4. The molecule has 0 bridgehead atoms. The van der Waals surface area contributed by atoms with Crippen LogP contribution in [0.25, 0.3) is 10.9 Å². The van der Waals surface area contributed by atoms with Gasteiger partial charge < -0.3 is 24.1 Å². The van der Waals surface area contributed by atoms with Crippen LogP contribution in [-0.4, -0.2) is 43.9 Å². The van der Waals surface area contributed by atoms with Gasteiger partial charge in [0, 0.05) is 6.07 Å². The number of hydrogen-bond acceptors (Lipinski definition) is 5. The van der Waals surface area contributed by atoms with Crippen LogP contribution in [0.4, 0.5) is 0 Å². The van der Waals surface area contributed by atoms with Crippen molar-refractivity contribution in [3.63, 3.8) is 0 Å². The first-order chi connectivity index (χ1) is 13.6. The van der Waals surface area contributed by atoms with Crippen molar-refractivity contribution in [1.29, 1.82) is 0 Å². The molecule has 0 saturated heterocycles. The molecule has 1 aromatic heterocycles. The number of methoxy groups -OCH3 is 2. The number of nitrogens with zero attached hydrogens (tertiary/aromatic N) is 1. The Kier molecular flexibility index (Phi) is 6.49. The van der Waals surface area contributed by atoms with E-state index in [9.17, 15) is 4.79 Å². The fourth-order valence-corrected chi connectivity index (χ4v) is 3.05. The minimum absolute atomic E-state index is 0.183.